The van der Waals surface area contributed by atoms with Gasteiger partial charge < -0.3 is 14.7 Å². The Bertz CT molecular complexity index is 856. The summed E-state index contributed by atoms with van der Waals surface area (Å²) >= 11 is 0. The first-order valence-corrected chi connectivity index (χ1v) is 11.1. The van der Waals surface area contributed by atoms with Gasteiger partial charge in [0.1, 0.15) is 11.5 Å². The third kappa shape index (κ3) is 4.81. The summed E-state index contributed by atoms with van der Waals surface area (Å²) in [5, 5.41) is 0. The van der Waals surface area contributed by atoms with Crippen LogP contribution in [-0.4, -0.2) is 72.5 Å². The fourth-order valence-corrected chi connectivity index (χ4v) is 4.96. The van der Waals surface area contributed by atoms with Crippen molar-refractivity contribution in [1.29, 1.82) is 0 Å². The summed E-state index contributed by atoms with van der Waals surface area (Å²) in [5.74, 6) is 0.737. The predicted molar refractivity (Wildman–Crippen MR) is 120 cm³/mol. The van der Waals surface area contributed by atoms with E-state index in [9.17, 15) is 4.79 Å². The zero-order valence-electron chi connectivity index (χ0n) is 18.3. The number of carbonyl (C=O) groups is 1. The maximum atomic E-state index is 12.3. The number of hydrogen-bond acceptors (Lipinski definition) is 5. The highest BCUT2D eigenvalue weighted by Gasteiger charge is 2.41. The SMILES string of the molecule is CN(C)C(=O)c1cncc(N2CC[C@]3(CCCN(CCCc4ccccc4)C3)C2)n1. The van der Waals surface area contributed by atoms with E-state index in [1.54, 1.807) is 31.4 Å². The lowest BCUT2D eigenvalue weighted by atomic mass is 9.79. The molecule has 160 valence electrons. The minimum absolute atomic E-state index is 0.0967. The number of aromatic nitrogens is 2. The summed E-state index contributed by atoms with van der Waals surface area (Å²) in [6.45, 7) is 5.55. The van der Waals surface area contributed by atoms with Crippen molar-refractivity contribution in [2.75, 3.05) is 51.7 Å². The van der Waals surface area contributed by atoms with Gasteiger partial charge in [0.25, 0.3) is 5.91 Å². The summed E-state index contributed by atoms with van der Waals surface area (Å²) in [6.07, 6.45) is 9.46. The average Bonchev–Trinajstić information content (AvgIpc) is 3.17. The van der Waals surface area contributed by atoms with Gasteiger partial charge in [-0.2, -0.15) is 0 Å². The van der Waals surface area contributed by atoms with Crippen molar-refractivity contribution < 1.29 is 4.79 Å². The van der Waals surface area contributed by atoms with Crippen LogP contribution in [0.1, 0.15) is 41.7 Å². The zero-order valence-corrected chi connectivity index (χ0v) is 18.3. The van der Waals surface area contributed by atoms with Gasteiger partial charge in [-0.25, -0.2) is 4.98 Å². The highest BCUT2D eigenvalue weighted by molar-refractivity contribution is 5.91. The molecule has 3 heterocycles. The molecule has 1 aromatic heterocycles. The lowest BCUT2D eigenvalue weighted by Crippen LogP contribution is -2.45. The molecule has 1 amide bonds. The lowest BCUT2D eigenvalue weighted by Gasteiger charge is -2.40. The molecule has 2 aliphatic heterocycles. The maximum Gasteiger partial charge on any atom is 0.273 e. The second-order valence-corrected chi connectivity index (χ2v) is 9.10. The molecule has 2 aromatic rings. The van der Waals surface area contributed by atoms with Crippen LogP contribution < -0.4 is 4.90 Å². The van der Waals surface area contributed by atoms with Gasteiger partial charge in [-0.1, -0.05) is 30.3 Å². The van der Waals surface area contributed by atoms with E-state index in [-0.39, 0.29) is 5.91 Å². The van der Waals surface area contributed by atoms with Crippen LogP contribution in [0.5, 0.6) is 0 Å². The molecule has 1 aromatic carbocycles. The first-order chi connectivity index (χ1) is 14.5. The normalized spacial score (nSPS) is 21.9. The van der Waals surface area contributed by atoms with Crippen molar-refractivity contribution in [2.45, 2.75) is 32.1 Å². The highest BCUT2D eigenvalue weighted by Crippen LogP contribution is 2.40. The van der Waals surface area contributed by atoms with Crippen molar-refractivity contribution in [3.05, 3.63) is 54.0 Å². The molecule has 2 fully saturated rings. The van der Waals surface area contributed by atoms with E-state index < -0.39 is 0 Å². The first kappa shape index (κ1) is 20.8. The summed E-state index contributed by atoms with van der Waals surface area (Å²) in [7, 11) is 3.49. The number of anilines is 1. The van der Waals surface area contributed by atoms with Gasteiger partial charge in [0.2, 0.25) is 0 Å². The second-order valence-electron chi connectivity index (χ2n) is 9.10. The number of amides is 1. The van der Waals surface area contributed by atoms with Crippen molar-refractivity contribution >= 4 is 11.7 Å². The molecular formula is C24H33N5O. The van der Waals surface area contributed by atoms with Crippen LogP contribution in [0.4, 0.5) is 5.82 Å². The van der Waals surface area contributed by atoms with Gasteiger partial charge in [0.05, 0.1) is 12.4 Å². The molecule has 30 heavy (non-hydrogen) atoms. The fourth-order valence-electron chi connectivity index (χ4n) is 4.96. The third-order valence-electron chi connectivity index (χ3n) is 6.53. The third-order valence-corrected chi connectivity index (χ3v) is 6.53. The lowest BCUT2D eigenvalue weighted by molar-refractivity contribution is 0.0821. The molecule has 0 unspecified atom stereocenters. The van der Waals surface area contributed by atoms with Gasteiger partial charge in [-0.3, -0.25) is 9.78 Å². The van der Waals surface area contributed by atoms with Gasteiger partial charge >= 0.3 is 0 Å². The Labute approximate surface area is 179 Å². The number of carbonyl (C=O) groups excluding carboxylic acids is 1. The minimum Gasteiger partial charge on any atom is -0.355 e. The number of piperidine rings is 1. The number of hydrogen-bond donors (Lipinski definition) is 0. The van der Waals surface area contributed by atoms with Crippen LogP contribution in [0.15, 0.2) is 42.7 Å². The van der Waals surface area contributed by atoms with Gasteiger partial charge in [0.15, 0.2) is 0 Å². The average molecular weight is 408 g/mol. The van der Waals surface area contributed by atoms with Crippen molar-refractivity contribution in [3.8, 4) is 0 Å². The van der Waals surface area contributed by atoms with Crippen LogP contribution in [0.2, 0.25) is 0 Å². The monoisotopic (exact) mass is 407 g/mol. The number of aryl methyl sites for hydroxylation is 1. The van der Waals surface area contributed by atoms with Crippen LogP contribution >= 0.6 is 0 Å². The first-order valence-electron chi connectivity index (χ1n) is 11.1. The molecule has 0 radical (unpaired) electrons. The Hall–Kier alpha value is -2.47. The number of nitrogens with zero attached hydrogens (tertiary/aromatic N) is 5. The Kier molecular flexibility index (Phi) is 6.32. The quantitative estimate of drug-likeness (QED) is 0.737. The van der Waals surface area contributed by atoms with E-state index in [1.807, 2.05) is 0 Å². The topological polar surface area (TPSA) is 52.6 Å². The summed E-state index contributed by atoms with van der Waals surface area (Å²) in [6, 6.07) is 10.8. The molecule has 1 spiro atoms. The van der Waals surface area contributed by atoms with Crippen molar-refractivity contribution in [2.24, 2.45) is 5.41 Å². The van der Waals surface area contributed by atoms with E-state index in [4.69, 9.17) is 0 Å². The van der Waals surface area contributed by atoms with E-state index in [0.717, 1.165) is 25.3 Å². The molecule has 0 saturated carbocycles. The van der Waals surface area contributed by atoms with Crippen LogP contribution in [0.3, 0.4) is 0 Å². The smallest absolute Gasteiger partial charge is 0.273 e. The maximum absolute atomic E-state index is 12.3. The van der Waals surface area contributed by atoms with E-state index in [1.165, 1.54) is 50.9 Å². The molecular weight excluding hydrogens is 374 g/mol. The standard InChI is InChI=1S/C24H33N5O/c1-27(2)23(30)21-16-25-17-22(26-21)29-15-12-24(19-29)11-7-14-28(18-24)13-6-10-20-8-4-3-5-9-20/h3-5,8-9,16-17H,6-7,10-15,18-19H2,1-2H3/t24-/m0/s1. The van der Waals surface area contributed by atoms with E-state index >= 15 is 0 Å². The van der Waals surface area contributed by atoms with Crippen LogP contribution in [0.25, 0.3) is 0 Å². The molecule has 6 nitrogen and oxygen atoms in total. The molecule has 0 N–H and O–H groups in total. The molecule has 6 heteroatoms. The van der Waals surface area contributed by atoms with Crippen LogP contribution in [0, 0.1) is 5.41 Å². The van der Waals surface area contributed by atoms with E-state index in [2.05, 4.69) is 50.1 Å². The highest BCUT2D eigenvalue weighted by atomic mass is 16.2. The van der Waals surface area contributed by atoms with Gasteiger partial charge in [-0.05, 0) is 50.8 Å². The molecule has 0 aliphatic carbocycles. The number of benzene rings is 1. The molecule has 2 saturated heterocycles. The van der Waals surface area contributed by atoms with E-state index in [0.29, 0.717) is 11.1 Å². The largest absolute Gasteiger partial charge is 0.355 e. The number of rotatable bonds is 6. The van der Waals surface area contributed by atoms with Gasteiger partial charge in [0, 0.05) is 39.1 Å². The molecule has 2 aliphatic rings. The molecule has 1 atom stereocenters. The number of likely N-dealkylation sites (tertiary alicyclic amines) is 1. The zero-order chi connectivity index (χ0) is 21.0. The molecule has 4 rings (SSSR count). The Morgan fingerprint density at radius 2 is 1.93 bits per heavy atom. The second kappa shape index (κ2) is 9.13. The van der Waals surface area contributed by atoms with Crippen molar-refractivity contribution in [3.63, 3.8) is 0 Å². The van der Waals surface area contributed by atoms with Crippen LogP contribution in [-0.2, 0) is 6.42 Å². The fraction of sp³-hybridized carbons (Fsp3) is 0.542. The summed E-state index contributed by atoms with van der Waals surface area (Å²) < 4.78 is 0. The predicted octanol–water partition coefficient (Wildman–Crippen LogP) is 3.10. The molecule has 0 bridgehead atoms. The summed E-state index contributed by atoms with van der Waals surface area (Å²) in [4.78, 5) is 27.7. The van der Waals surface area contributed by atoms with Gasteiger partial charge in [-0.15, -0.1) is 0 Å². The minimum atomic E-state index is -0.0967. The summed E-state index contributed by atoms with van der Waals surface area (Å²) in [5.41, 5.74) is 2.19. The Morgan fingerprint density at radius 3 is 2.73 bits per heavy atom. The van der Waals surface area contributed by atoms with Crippen molar-refractivity contribution in [1.82, 2.24) is 19.8 Å². The Balaban J connectivity index is 1.34. The Morgan fingerprint density at radius 1 is 1.10 bits per heavy atom.